The maximum absolute atomic E-state index is 12.1. The zero-order valence-electron chi connectivity index (χ0n) is 15.6. The summed E-state index contributed by atoms with van der Waals surface area (Å²) < 4.78 is 6.40. The molecule has 1 aromatic heterocycles. The number of nitrogens with zero attached hydrogens (tertiary/aromatic N) is 2. The summed E-state index contributed by atoms with van der Waals surface area (Å²) in [7, 11) is 0. The van der Waals surface area contributed by atoms with Crippen LogP contribution in [0.2, 0.25) is 0 Å². The summed E-state index contributed by atoms with van der Waals surface area (Å²) in [4.78, 5) is 20.8. The molecular weight excluding hydrogens is 525 g/mol. The molecule has 0 saturated heterocycles. The Hall–Kier alpha value is -1.62. The van der Waals surface area contributed by atoms with Crippen molar-refractivity contribution < 1.29 is 9.21 Å². The number of guanidine groups is 1. The number of aryl methyl sites for hydroxylation is 2. The van der Waals surface area contributed by atoms with Gasteiger partial charge in [0.1, 0.15) is 12.3 Å². The predicted octanol–water partition coefficient (Wildman–Crippen LogP) is 3.16. The molecule has 0 radical (unpaired) electrons. The van der Waals surface area contributed by atoms with Crippen molar-refractivity contribution in [1.29, 1.82) is 0 Å². The predicted molar refractivity (Wildman–Crippen MR) is 121 cm³/mol. The van der Waals surface area contributed by atoms with Gasteiger partial charge >= 0.3 is 0 Å². The van der Waals surface area contributed by atoms with Crippen LogP contribution in [0.4, 0.5) is 0 Å². The van der Waals surface area contributed by atoms with Gasteiger partial charge in [-0.2, -0.15) is 0 Å². The monoisotopic (exact) mass is 549 g/mol. The van der Waals surface area contributed by atoms with E-state index in [9.17, 15) is 4.79 Å². The lowest BCUT2D eigenvalue weighted by Crippen LogP contribution is -2.41. The van der Waals surface area contributed by atoms with E-state index in [-0.39, 0.29) is 29.9 Å². The van der Waals surface area contributed by atoms with Crippen molar-refractivity contribution in [2.24, 2.45) is 4.99 Å². The lowest BCUT2D eigenvalue weighted by atomic mass is 10.2. The molecule has 0 saturated carbocycles. The van der Waals surface area contributed by atoms with Gasteiger partial charge in [0, 0.05) is 29.7 Å². The molecular formula is C18H25BrIN5O2. The van der Waals surface area contributed by atoms with Crippen molar-refractivity contribution in [2.45, 2.75) is 27.3 Å². The molecule has 3 N–H and O–H groups in total. The Bertz CT molecular complexity index is 759. The van der Waals surface area contributed by atoms with Crippen molar-refractivity contribution in [3.63, 3.8) is 0 Å². The molecule has 27 heavy (non-hydrogen) atoms. The number of nitrogens with one attached hydrogen (secondary N) is 3. The van der Waals surface area contributed by atoms with Gasteiger partial charge in [0.15, 0.2) is 5.96 Å². The third-order valence-electron chi connectivity index (χ3n) is 3.58. The lowest BCUT2D eigenvalue weighted by Gasteiger charge is -2.11. The molecule has 2 aromatic rings. The highest BCUT2D eigenvalue weighted by atomic mass is 127. The van der Waals surface area contributed by atoms with Crippen LogP contribution in [0.1, 0.15) is 34.6 Å². The van der Waals surface area contributed by atoms with Crippen LogP contribution in [0.3, 0.4) is 0 Å². The Morgan fingerprint density at radius 2 is 1.96 bits per heavy atom. The van der Waals surface area contributed by atoms with E-state index < -0.39 is 0 Å². The molecule has 2 rings (SSSR count). The number of carbonyl (C=O) groups excluding carboxylic acids is 1. The van der Waals surface area contributed by atoms with Crippen molar-refractivity contribution in [1.82, 2.24) is 20.9 Å². The van der Waals surface area contributed by atoms with Gasteiger partial charge in [-0.05, 0) is 39.0 Å². The molecule has 0 fully saturated rings. The lowest BCUT2D eigenvalue weighted by molar-refractivity contribution is 0.0954. The Morgan fingerprint density at radius 3 is 2.59 bits per heavy atom. The Labute approximate surface area is 185 Å². The fraction of sp³-hybridized carbons (Fsp3) is 0.389. The van der Waals surface area contributed by atoms with Crippen LogP contribution in [0.25, 0.3) is 0 Å². The molecule has 1 aromatic carbocycles. The molecule has 0 atom stereocenters. The van der Waals surface area contributed by atoms with Gasteiger partial charge in [0.05, 0.1) is 5.69 Å². The van der Waals surface area contributed by atoms with Crippen LogP contribution in [-0.2, 0) is 6.54 Å². The van der Waals surface area contributed by atoms with Gasteiger partial charge < -0.3 is 20.4 Å². The van der Waals surface area contributed by atoms with Crippen molar-refractivity contribution >= 4 is 51.8 Å². The van der Waals surface area contributed by atoms with Crippen molar-refractivity contribution in [2.75, 3.05) is 19.6 Å². The fourth-order valence-corrected chi connectivity index (χ4v) is 2.58. The zero-order chi connectivity index (χ0) is 18.9. The minimum absolute atomic E-state index is 0. The standard InChI is InChI=1S/C18H24BrN5O2.HI/c1-4-20-18(23-11-16-24-12(2)13(3)26-16)22-9-8-21-17(25)14-6-5-7-15(19)10-14;/h5-7,10H,4,8-9,11H2,1-3H3,(H,21,25)(H2,20,22,23);1H. The molecule has 0 aliphatic carbocycles. The molecule has 148 valence electrons. The second-order valence-corrected chi connectivity index (χ2v) is 6.55. The van der Waals surface area contributed by atoms with Crippen LogP contribution >= 0.6 is 39.9 Å². The second-order valence-electron chi connectivity index (χ2n) is 5.64. The van der Waals surface area contributed by atoms with Crippen LogP contribution in [0.15, 0.2) is 38.1 Å². The Kier molecular flexibility index (Phi) is 10.4. The summed E-state index contributed by atoms with van der Waals surface area (Å²) in [6.45, 7) is 7.90. The number of halogens is 2. The molecule has 0 unspecified atom stereocenters. The van der Waals surface area contributed by atoms with Crippen LogP contribution in [0, 0.1) is 13.8 Å². The number of benzene rings is 1. The molecule has 0 aliphatic rings. The van der Waals surface area contributed by atoms with Gasteiger partial charge in [-0.25, -0.2) is 9.98 Å². The van der Waals surface area contributed by atoms with E-state index >= 15 is 0 Å². The topological polar surface area (TPSA) is 91.6 Å². The van der Waals surface area contributed by atoms with E-state index in [4.69, 9.17) is 4.42 Å². The smallest absolute Gasteiger partial charge is 0.251 e. The quantitative estimate of drug-likeness (QED) is 0.213. The number of carbonyl (C=O) groups is 1. The molecule has 9 heteroatoms. The number of rotatable bonds is 7. The van der Waals surface area contributed by atoms with Gasteiger partial charge in [-0.1, -0.05) is 22.0 Å². The first-order valence-electron chi connectivity index (χ1n) is 8.48. The summed E-state index contributed by atoms with van der Waals surface area (Å²) in [5, 5.41) is 9.20. The highest BCUT2D eigenvalue weighted by Crippen LogP contribution is 2.11. The Balaban J connectivity index is 0.00000364. The molecule has 1 amide bonds. The first-order chi connectivity index (χ1) is 12.5. The first-order valence-corrected chi connectivity index (χ1v) is 9.27. The van der Waals surface area contributed by atoms with Gasteiger partial charge in [-0.15, -0.1) is 24.0 Å². The summed E-state index contributed by atoms with van der Waals surface area (Å²) in [6, 6.07) is 7.28. The zero-order valence-corrected chi connectivity index (χ0v) is 19.6. The van der Waals surface area contributed by atoms with E-state index in [1.807, 2.05) is 32.9 Å². The number of amides is 1. The van der Waals surface area contributed by atoms with E-state index in [0.29, 0.717) is 37.0 Å². The minimum Gasteiger partial charge on any atom is -0.444 e. The van der Waals surface area contributed by atoms with Gasteiger partial charge in [0.25, 0.3) is 5.91 Å². The minimum atomic E-state index is -0.110. The van der Waals surface area contributed by atoms with Crippen LogP contribution in [0.5, 0.6) is 0 Å². The normalized spacial score (nSPS) is 10.9. The van der Waals surface area contributed by atoms with Crippen LogP contribution in [-0.4, -0.2) is 36.5 Å². The molecule has 0 bridgehead atoms. The maximum Gasteiger partial charge on any atom is 0.251 e. The summed E-state index contributed by atoms with van der Waals surface area (Å²) >= 11 is 3.36. The van der Waals surface area contributed by atoms with E-state index in [2.05, 4.69) is 41.9 Å². The summed E-state index contributed by atoms with van der Waals surface area (Å²) in [6.07, 6.45) is 0. The molecule has 7 nitrogen and oxygen atoms in total. The van der Waals surface area contributed by atoms with E-state index in [0.717, 1.165) is 22.5 Å². The number of aromatic nitrogens is 1. The van der Waals surface area contributed by atoms with Crippen LogP contribution < -0.4 is 16.0 Å². The molecule has 0 aliphatic heterocycles. The summed E-state index contributed by atoms with van der Waals surface area (Å²) in [5.74, 6) is 1.93. The van der Waals surface area contributed by atoms with E-state index in [1.165, 1.54) is 0 Å². The molecule has 1 heterocycles. The maximum atomic E-state index is 12.1. The van der Waals surface area contributed by atoms with E-state index in [1.54, 1.807) is 12.1 Å². The average molecular weight is 550 g/mol. The van der Waals surface area contributed by atoms with Crippen molar-refractivity contribution in [3.8, 4) is 0 Å². The Morgan fingerprint density at radius 1 is 1.22 bits per heavy atom. The second kappa shape index (κ2) is 12.0. The average Bonchev–Trinajstić information content (AvgIpc) is 2.94. The highest BCUT2D eigenvalue weighted by Gasteiger charge is 2.07. The largest absolute Gasteiger partial charge is 0.444 e. The SMILES string of the molecule is CCNC(=NCc1nc(C)c(C)o1)NCCNC(=O)c1cccc(Br)c1.I. The van der Waals surface area contributed by atoms with Crippen molar-refractivity contribution in [3.05, 3.63) is 51.6 Å². The summed E-state index contributed by atoms with van der Waals surface area (Å²) in [5.41, 5.74) is 1.50. The number of aliphatic imine (C=N–C) groups is 1. The van der Waals surface area contributed by atoms with Gasteiger partial charge in [0.2, 0.25) is 5.89 Å². The van der Waals surface area contributed by atoms with Gasteiger partial charge in [-0.3, -0.25) is 4.79 Å². The third-order valence-corrected chi connectivity index (χ3v) is 4.07. The number of oxazole rings is 1. The fourth-order valence-electron chi connectivity index (χ4n) is 2.18. The first kappa shape index (κ1) is 23.4. The molecule has 0 spiro atoms. The number of hydrogen-bond acceptors (Lipinski definition) is 4. The number of hydrogen-bond donors (Lipinski definition) is 3. The third kappa shape index (κ3) is 7.87. The highest BCUT2D eigenvalue weighted by molar-refractivity contribution is 14.0.